The quantitative estimate of drug-likeness (QED) is 0.458. The van der Waals surface area contributed by atoms with Crippen molar-refractivity contribution in [1.82, 2.24) is 9.80 Å². The molecule has 7 heteroatoms. The number of nitrogens with zero attached hydrogens (tertiary/aromatic N) is 2. The van der Waals surface area contributed by atoms with Crippen LogP contribution in [0.4, 0.5) is 0 Å². The van der Waals surface area contributed by atoms with Crippen LogP contribution in [0, 0.1) is 0 Å². The fourth-order valence-corrected chi connectivity index (χ4v) is 4.55. The number of amides is 1. The molecule has 0 saturated carbocycles. The first-order chi connectivity index (χ1) is 11.5. The van der Waals surface area contributed by atoms with Gasteiger partial charge in [0.25, 0.3) is 0 Å². The Morgan fingerprint density at radius 3 is 2.67 bits per heavy atom. The molecule has 126 valence electrons. The Labute approximate surface area is 150 Å². The minimum absolute atomic E-state index is 0.0208. The lowest BCUT2D eigenvalue weighted by atomic mass is 10.1. The Balaban J connectivity index is 1.59. The molecule has 1 fully saturated rings. The van der Waals surface area contributed by atoms with Crippen LogP contribution in [0.5, 0.6) is 0 Å². The van der Waals surface area contributed by atoms with Gasteiger partial charge in [-0.15, -0.1) is 11.8 Å². The molecule has 0 N–H and O–H groups in total. The minimum atomic E-state index is -0.365. The molecule has 0 bridgehead atoms. The number of carbonyl (C=O) groups is 3. The highest BCUT2D eigenvalue weighted by molar-refractivity contribution is 8.04. The van der Waals surface area contributed by atoms with E-state index >= 15 is 0 Å². The fourth-order valence-electron chi connectivity index (χ4n) is 2.84. The van der Waals surface area contributed by atoms with E-state index in [0.29, 0.717) is 37.2 Å². The smallest absolute Gasteiger partial charge is 0.233 e. The number of Topliss-reactive ketones (excluding diaryl/α,β-unsaturated/α-hetero) is 1. The fraction of sp³-hybridized carbons (Fsp3) is 0.353. The topological polar surface area (TPSA) is 57.7 Å². The summed E-state index contributed by atoms with van der Waals surface area (Å²) in [5, 5.41) is -0.314. The number of hydrogen-bond acceptors (Lipinski definition) is 5. The molecular formula is C17H18N2O3S2. The van der Waals surface area contributed by atoms with E-state index in [9.17, 15) is 14.4 Å². The van der Waals surface area contributed by atoms with Gasteiger partial charge in [0.15, 0.2) is 5.78 Å². The van der Waals surface area contributed by atoms with E-state index in [1.165, 1.54) is 0 Å². The second kappa shape index (κ2) is 7.13. The van der Waals surface area contributed by atoms with Crippen LogP contribution in [0.15, 0.2) is 40.9 Å². The predicted molar refractivity (Wildman–Crippen MR) is 96.7 cm³/mol. The van der Waals surface area contributed by atoms with Gasteiger partial charge in [-0.05, 0) is 13.5 Å². The van der Waals surface area contributed by atoms with Crippen molar-refractivity contribution in [3.8, 4) is 0 Å². The highest BCUT2D eigenvalue weighted by Crippen LogP contribution is 2.47. The van der Waals surface area contributed by atoms with Crippen molar-refractivity contribution in [2.45, 2.75) is 18.2 Å². The van der Waals surface area contributed by atoms with Gasteiger partial charge in [-0.2, -0.15) is 0 Å². The van der Waals surface area contributed by atoms with Gasteiger partial charge in [-0.25, -0.2) is 0 Å². The van der Waals surface area contributed by atoms with Gasteiger partial charge in [-0.1, -0.05) is 43.0 Å². The zero-order chi connectivity index (χ0) is 17.3. The summed E-state index contributed by atoms with van der Waals surface area (Å²) in [5.74, 6) is 0.0446. The average Bonchev–Trinajstić information content (AvgIpc) is 2.86. The second-order valence-corrected chi connectivity index (χ2v) is 7.57. The zero-order valence-corrected chi connectivity index (χ0v) is 15.0. The molecule has 5 nitrogen and oxygen atoms in total. The highest BCUT2D eigenvalue weighted by Gasteiger charge is 2.47. The van der Waals surface area contributed by atoms with Crippen LogP contribution < -0.4 is 0 Å². The summed E-state index contributed by atoms with van der Waals surface area (Å²) in [6.07, 6.45) is 1.10. The summed E-state index contributed by atoms with van der Waals surface area (Å²) in [5.41, 5.74) is 1.12. The first-order valence-corrected chi connectivity index (χ1v) is 9.02. The SMILES string of the molecule is CN(CCC1=C(C(=O)S)N2C(=O)C[C@H]2S1)CC(=O)c1ccccc1. The summed E-state index contributed by atoms with van der Waals surface area (Å²) < 4.78 is 0. The van der Waals surface area contributed by atoms with Gasteiger partial charge in [0.1, 0.15) is 5.70 Å². The lowest BCUT2D eigenvalue weighted by molar-refractivity contribution is -0.139. The summed E-state index contributed by atoms with van der Waals surface area (Å²) >= 11 is 5.46. The molecule has 3 rings (SSSR count). The third-order valence-corrected chi connectivity index (χ3v) is 5.67. The molecule has 1 aromatic carbocycles. The van der Waals surface area contributed by atoms with Gasteiger partial charge in [0, 0.05) is 17.0 Å². The van der Waals surface area contributed by atoms with Crippen molar-refractivity contribution < 1.29 is 14.4 Å². The average molecular weight is 362 g/mol. The molecule has 2 aliphatic heterocycles. The van der Waals surface area contributed by atoms with Gasteiger partial charge in [0.05, 0.1) is 18.3 Å². The van der Waals surface area contributed by atoms with Gasteiger partial charge in [0.2, 0.25) is 11.0 Å². The Morgan fingerprint density at radius 1 is 1.33 bits per heavy atom. The number of thiol groups is 1. The monoisotopic (exact) mass is 362 g/mol. The molecule has 1 aromatic rings. The summed E-state index contributed by atoms with van der Waals surface area (Å²) in [6.45, 7) is 0.957. The van der Waals surface area contributed by atoms with E-state index < -0.39 is 0 Å². The lowest BCUT2D eigenvalue weighted by Gasteiger charge is -2.34. The standard InChI is InChI=1S/C17H18N2O3S2/c1-18(10-12(20)11-5-3-2-4-6-11)8-7-13-16(17(22)23)19-14(21)9-15(19)24-13/h2-6,15H,7-10H2,1H3,(H,22,23)/t15-/m1/s1. The maximum atomic E-state index is 12.2. The molecule has 1 saturated heterocycles. The van der Waals surface area contributed by atoms with E-state index in [4.69, 9.17) is 0 Å². The summed E-state index contributed by atoms with van der Waals surface area (Å²) in [6, 6.07) is 9.18. The largest absolute Gasteiger partial charge is 0.299 e. The van der Waals surface area contributed by atoms with Crippen molar-refractivity contribution >= 4 is 41.2 Å². The molecule has 1 amide bonds. The van der Waals surface area contributed by atoms with Crippen LogP contribution in [0.1, 0.15) is 23.2 Å². The number of carbonyl (C=O) groups excluding carboxylic acids is 3. The van der Waals surface area contributed by atoms with Crippen LogP contribution in [-0.4, -0.2) is 52.1 Å². The molecule has 0 spiro atoms. The first kappa shape index (κ1) is 17.3. The maximum absolute atomic E-state index is 12.2. The van der Waals surface area contributed by atoms with E-state index in [1.54, 1.807) is 28.8 Å². The summed E-state index contributed by atoms with van der Waals surface area (Å²) in [4.78, 5) is 40.0. The van der Waals surface area contributed by atoms with Gasteiger partial charge in [-0.3, -0.25) is 24.2 Å². The van der Waals surface area contributed by atoms with E-state index in [1.807, 2.05) is 30.1 Å². The number of hydrogen-bond donors (Lipinski definition) is 1. The highest BCUT2D eigenvalue weighted by atomic mass is 32.2. The van der Waals surface area contributed by atoms with Crippen LogP contribution >= 0.6 is 24.4 Å². The van der Waals surface area contributed by atoms with E-state index in [2.05, 4.69) is 12.6 Å². The molecule has 0 unspecified atom stereocenters. The van der Waals surface area contributed by atoms with Crippen LogP contribution in [0.3, 0.4) is 0 Å². The second-order valence-electron chi connectivity index (χ2n) is 5.89. The van der Waals surface area contributed by atoms with Crippen molar-refractivity contribution in [2.24, 2.45) is 0 Å². The molecular weight excluding hydrogens is 344 g/mol. The van der Waals surface area contributed by atoms with Crippen LogP contribution in [0.25, 0.3) is 0 Å². The van der Waals surface area contributed by atoms with E-state index in [0.717, 1.165) is 4.91 Å². The van der Waals surface area contributed by atoms with Gasteiger partial charge < -0.3 is 0 Å². The molecule has 0 aromatic heterocycles. The number of benzene rings is 1. The number of thioether (sulfide) groups is 1. The van der Waals surface area contributed by atoms with Crippen molar-refractivity contribution in [3.05, 3.63) is 46.5 Å². The Morgan fingerprint density at radius 2 is 2.04 bits per heavy atom. The Hall–Kier alpha value is -1.57. The molecule has 2 heterocycles. The Kier molecular flexibility index (Phi) is 5.12. The maximum Gasteiger partial charge on any atom is 0.233 e. The van der Waals surface area contributed by atoms with Crippen LogP contribution in [0.2, 0.25) is 0 Å². The molecule has 24 heavy (non-hydrogen) atoms. The number of likely N-dealkylation sites (N-methyl/N-ethyl adjacent to an activating group) is 1. The third kappa shape index (κ3) is 3.43. The third-order valence-electron chi connectivity index (χ3n) is 4.12. The number of fused-ring (bicyclic) bond motifs is 1. The first-order valence-electron chi connectivity index (χ1n) is 7.69. The van der Waals surface area contributed by atoms with Crippen LogP contribution in [-0.2, 0) is 9.59 Å². The molecule has 2 aliphatic rings. The van der Waals surface area contributed by atoms with Gasteiger partial charge >= 0.3 is 0 Å². The minimum Gasteiger partial charge on any atom is -0.299 e. The zero-order valence-electron chi connectivity index (χ0n) is 13.3. The molecule has 0 aliphatic carbocycles. The van der Waals surface area contributed by atoms with Crippen molar-refractivity contribution in [3.63, 3.8) is 0 Å². The Bertz CT molecular complexity index is 718. The van der Waals surface area contributed by atoms with Crippen molar-refractivity contribution in [1.29, 1.82) is 0 Å². The normalized spacial score (nSPS) is 19.5. The molecule has 1 atom stereocenters. The van der Waals surface area contributed by atoms with Crippen molar-refractivity contribution in [2.75, 3.05) is 20.1 Å². The number of rotatable bonds is 7. The predicted octanol–water partition coefficient (Wildman–Crippen LogP) is 2.16. The number of β-lactam (4-membered cyclic amide) rings is 1. The van der Waals surface area contributed by atoms with E-state index in [-0.39, 0.29) is 22.2 Å². The number of ketones is 1. The lowest BCUT2D eigenvalue weighted by Crippen LogP contribution is -2.48. The molecule has 0 radical (unpaired) electrons. The summed E-state index contributed by atoms with van der Waals surface area (Å²) in [7, 11) is 1.88.